The Morgan fingerprint density at radius 1 is 1.04 bits per heavy atom. The van der Waals surface area contributed by atoms with Gasteiger partial charge in [-0.2, -0.15) is 13.2 Å². The molecule has 0 aromatic heterocycles. The molecule has 2 aromatic rings. The fraction of sp³-hybridized carbons (Fsp3) is 0.429. The molecule has 0 aliphatic carbocycles. The van der Waals surface area contributed by atoms with E-state index in [1.807, 2.05) is 54.6 Å². The fourth-order valence-electron chi connectivity index (χ4n) is 3.41. The van der Waals surface area contributed by atoms with E-state index in [9.17, 15) is 13.2 Å². The fourth-order valence-corrected chi connectivity index (χ4v) is 3.41. The Morgan fingerprint density at radius 3 is 2.56 bits per heavy atom. The third-order valence-electron chi connectivity index (χ3n) is 4.73. The molecule has 0 saturated carbocycles. The predicted molar refractivity (Wildman–Crippen MR) is 99.5 cm³/mol. The van der Waals surface area contributed by atoms with Gasteiger partial charge in [-0.25, -0.2) is 0 Å². The van der Waals surface area contributed by atoms with E-state index < -0.39 is 12.7 Å². The molecule has 146 valence electrons. The van der Waals surface area contributed by atoms with Gasteiger partial charge in [-0.3, -0.25) is 4.90 Å². The van der Waals surface area contributed by atoms with E-state index in [0.29, 0.717) is 32.8 Å². The van der Waals surface area contributed by atoms with Crippen LogP contribution < -0.4 is 10.1 Å². The smallest absolute Gasteiger partial charge is 0.401 e. The van der Waals surface area contributed by atoms with Gasteiger partial charge in [0.1, 0.15) is 12.4 Å². The SMILES string of the molecule is FC(F)(F)CN1CCC(CNCc2ccccc2OCc2ccccc2)C1. The maximum Gasteiger partial charge on any atom is 0.401 e. The van der Waals surface area contributed by atoms with E-state index in [1.165, 1.54) is 4.90 Å². The lowest BCUT2D eigenvalue weighted by Gasteiger charge is -2.18. The zero-order valence-electron chi connectivity index (χ0n) is 15.2. The van der Waals surface area contributed by atoms with Crippen LogP contribution in [0.25, 0.3) is 0 Å². The van der Waals surface area contributed by atoms with Gasteiger partial charge >= 0.3 is 6.18 Å². The number of alkyl halides is 3. The van der Waals surface area contributed by atoms with Crippen molar-refractivity contribution in [3.63, 3.8) is 0 Å². The minimum absolute atomic E-state index is 0.254. The number of nitrogens with zero attached hydrogens (tertiary/aromatic N) is 1. The topological polar surface area (TPSA) is 24.5 Å². The summed E-state index contributed by atoms with van der Waals surface area (Å²) in [6, 6.07) is 17.8. The summed E-state index contributed by atoms with van der Waals surface area (Å²) in [4.78, 5) is 1.49. The van der Waals surface area contributed by atoms with E-state index in [2.05, 4.69) is 5.32 Å². The highest BCUT2D eigenvalue weighted by molar-refractivity contribution is 5.33. The molecule has 1 fully saturated rings. The van der Waals surface area contributed by atoms with Gasteiger partial charge in [0.15, 0.2) is 0 Å². The first-order valence-electron chi connectivity index (χ1n) is 9.24. The average molecular weight is 378 g/mol. The number of hydrogen-bond donors (Lipinski definition) is 1. The van der Waals surface area contributed by atoms with Gasteiger partial charge in [0, 0.05) is 18.7 Å². The Kier molecular flexibility index (Phi) is 6.74. The second kappa shape index (κ2) is 9.24. The molecular weight excluding hydrogens is 353 g/mol. The second-order valence-corrected chi connectivity index (χ2v) is 7.02. The largest absolute Gasteiger partial charge is 0.489 e. The van der Waals surface area contributed by atoms with Gasteiger partial charge in [0.05, 0.1) is 6.54 Å². The van der Waals surface area contributed by atoms with Crippen molar-refractivity contribution in [2.45, 2.75) is 25.7 Å². The van der Waals surface area contributed by atoms with Crippen LogP contribution in [0.15, 0.2) is 54.6 Å². The van der Waals surface area contributed by atoms with Gasteiger partial charge in [0.2, 0.25) is 0 Å². The molecule has 0 spiro atoms. The molecule has 3 nitrogen and oxygen atoms in total. The molecule has 1 unspecified atom stereocenters. The first-order valence-corrected chi connectivity index (χ1v) is 9.24. The summed E-state index contributed by atoms with van der Waals surface area (Å²) in [5, 5.41) is 3.38. The number of para-hydroxylation sites is 1. The molecule has 1 N–H and O–H groups in total. The van der Waals surface area contributed by atoms with Crippen molar-refractivity contribution >= 4 is 0 Å². The second-order valence-electron chi connectivity index (χ2n) is 7.02. The molecule has 1 saturated heterocycles. The molecule has 2 aromatic carbocycles. The van der Waals surface area contributed by atoms with Crippen LogP contribution in [0.2, 0.25) is 0 Å². The highest BCUT2D eigenvalue weighted by atomic mass is 19.4. The van der Waals surface area contributed by atoms with E-state index in [0.717, 1.165) is 23.3 Å². The predicted octanol–water partition coefficient (Wildman–Crippen LogP) is 4.24. The molecule has 1 aliphatic rings. The maximum atomic E-state index is 12.5. The summed E-state index contributed by atoms with van der Waals surface area (Å²) in [5.74, 6) is 1.09. The van der Waals surface area contributed by atoms with E-state index >= 15 is 0 Å². The Hall–Kier alpha value is -2.05. The Bertz CT molecular complexity index is 706. The number of ether oxygens (including phenoxy) is 1. The molecule has 1 atom stereocenters. The Balaban J connectivity index is 1.45. The Morgan fingerprint density at radius 2 is 1.78 bits per heavy atom. The normalized spacial score (nSPS) is 18.0. The van der Waals surface area contributed by atoms with Crippen LogP contribution in [0.1, 0.15) is 17.5 Å². The standard InChI is InChI=1S/C21H25F3N2O/c22-21(23,24)16-26-11-10-18(14-26)12-25-13-19-8-4-5-9-20(19)27-15-17-6-2-1-3-7-17/h1-9,18,25H,10-16H2. The summed E-state index contributed by atoms with van der Waals surface area (Å²) >= 11 is 0. The molecule has 1 heterocycles. The molecule has 0 radical (unpaired) electrons. The van der Waals surface area contributed by atoms with Gasteiger partial charge in [0.25, 0.3) is 0 Å². The third-order valence-corrected chi connectivity index (χ3v) is 4.73. The van der Waals surface area contributed by atoms with Gasteiger partial charge in [-0.15, -0.1) is 0 Å². The minimum atomic E-state index is -4.11. The number of rotatable bonds is 8. The first-order chi connectivity index (χ1) is 13.0. The van der Waals surface area contributed by atoms with Crippen molar-refractivity contribution < 1.29 is 17.9 Å². The quantitative estimate of drug-likeness (QED) is 0.744. The molecule has 0 amide bonds. The lowest BCUT2D eigenvalue weighted by molar-refractivity contribution is -0.143. The molecule has 1 aliphatic heterocycles. The van der Waals surface area contributed by atoms with Crippen LogP contribution in [0, 0.1) is 5.92 Å². The van der Waals surface area contributed by atoms with Crippen molar-refractivity contribution in [3.8, 4) is 5.75 Å². The van der Waals surface area contributed by atoms with Gasteiger partial charge in [-0.05, 0) is 37.1 Å². The number of halogens is 3. The maximum absolute atomic E-state index is 12.5. The molecule has 27 heavy (non-hydrogen) atoms. The van der Waals surface area contributed by atoms with Crippen LogP contribution in [-0.4, -0.2) is 37.3 Å². The van der Waals surface area contributed by atoms with Crippen LogP contribution in [0.3, 0.4) is 0 Å². The average Bonchev–Trinajstić information content (AvgIpc) is 3.07. The van der Waals surface area contributed by atoms with Gasteiger partial charge < -0.3 is 10.1 Å². The van der Waals surface area contributed by atoms with Gasteiger partial charge in [-0.1, -0.05) is 48.5 Å². The number of hydrogen-bond acceptors (Lipinski definition) is 3. The monoisotopic (exact) mass is 378 g/mol. The van der Waals surface area contributed by atoms with Crippen molar-refractivity contribution in [2.24, 2.45) is 5.92 Å². The van der Waals surface area contributed by atoms with Crippen molar-refractivity contribution in [3.05, 3.63) is 65.7 Å². The summed E-state index contributed by atoms with van der Waals surface area (Å²) in [6.45, 7) is 2.07. The number of nitrogens with one attached hydrogen (secondary N) is 1. The van der Waals surface area contributed by atoms with E-state index in [4.69, 9.17) is 4.74 Å². The van der Waals surface area contributed by atoms with Crippen molar-refractivity contribution in [2.75, 3.05) is 26.2 Å². The highest BCUT2D eigenvalue weighted by Crippen LogP contribution is 2.23. The van der Waals surface area contributed by atoms with Crippen LogP contribution in [0.4, 0.5) is 13.2 Å². The number of benzene rings is 2. The summed E-state index contributed by atoms with van der Waals surface area (Å²) in [5.41, 5.74) is 2.16. The zero-order valence-corrected chi connectivity index (χ0v) is 15.2. The first kappa shape index (κ1) is 19.7. The summed E-state index contributed by atoms with van der Waals surface area (Å²) in [6.07, 6.45) is -3.31. The van der Waals surface area contributed by atoms with Crippen LogP contribution in [-0.2, 0) is 13.2 Å². The zero-order chi connectivity index (χ0) is 19.1. The Labute approximate surface area is 158 Å². The minimum Gasteiger partial charge on any atom is -0.489 e. The van der Waals surface area contributed by atoms with E-state index in [-0.39, 0.29) is 5.92 Å². The summed E-state index contributed by atoms with van der Waals surface area (Å²) in [7, 11) is 0. The highest BCUT2D eigenvalue weighted by Gasteiger charge is 2.34. The number of likely N-dealkylation sites (tertiary alicyclic amines) is 1. The van der Waals surface area contributed by atoms with Crippen LogP contribution >= 0.6 is 0 Å². The van der Waals surface area contributed by atoms with Crippen molar-refractivity contribution in [1.82, 2.24) is 10.2 Å². The third kappa shape index (κ3) is 6.56. The van der Waals surface area contributed by atoms with E-state index in [1.54, 1.807) is 0 Å². The molecule has 6 heteroatoms. The lowest BCUT2D eigenvalue weighted by Crippen LogP contribution is -2.33. The molecule has 0 bridgehead atoms. The van der Waals surface area contributed by atoms with Crippen molar-refractivity contribution in [1.29, 1.82) is 0 Å². The molecular formula is C21H25F3N2O. The molecule has 3 rings (SSSR count). The lowest BCUT2D eigenvalue weighted by atomic mass is 10.1. The summed E-state index contributed by atoms with van der Waals surface area (Å²) < 4.78 is 43.4. The van der Waals surface area contributed by atoms with Crippen LogP contribution in [0.5, 0.6) is 5.75 Å².